The molecule has 6 nitrogen and oxygen atoms in total. The second-order valence-corrected chi connectivity index (χ2v) is 10.00. The van der Waals surface area contributed by atoms with Gasteiger partial charge in [0.15, 0.2) is 18.4 Å². The minimum Gasteiger partial charge on any atom is -0.461 e. The summed E-state index contributed by atoms with van der Waals surface area (Å²) in [6.45, 7) is 6.07. The standard InChI is InChI=1S/C20H28O6/c1-9-10-4-5-11-19(8-10,14(9)21)16(23)25-12-6-7-18(2,3)13-15(22)26-17(24)20(11,12)13/h9-13,15,17,22,24H,4-8H2,1-3H3/t9-,10-,11-,12+,13-,15-,17?,19+,20+/m1/s1. The van der Waals surface area contributed by atoms with Crippen LogP contribution in [0.1, 0.15) is 52.9 Å². The lowest BCUT2D eigenvalue weighted by molar-refractivity contribution is -0.268. The molecule has 6 heteroatoms. The minimum absolute atomic E-state index is 0.0291. The van der Waals surface area contributed by atoms with Gasteiger partial charge in [-0.25, -0.2) is 0 Å². The normalized spacial score (nSPS) is 57.2. The monoisotopic (exact) mass is 364 g/mol. The van der Waals surface area contributed by atoms with Crippen LogP contribution in [-0.4, -0.2) is 40.6 Å². The Kier molecular flexibility index (Phi) is 3.22. The van der Waals surface area contributed by atoms with E-state index in [4.69, 9.17) is 9.47 Å². The molecule has 5 rings (SSSR count). The number of ether oxygens (including phenoxy) is 2. The summed E-state index contributed by atoms with van der Waals surface area (Å²) in [4.78, 5) is 26.4. The van der Waals surface area contributed by atoms with Gasteiger partial charge in [0.2, 0.25) is 0 Å². The van der Waals surface area contributed by atoms with E-state index < -0.39 is 35.5 Å². The fourth-order valence-corrected chi connectivity index (χ4v) is 7.68. The third-order valence-corrected chi connectivity index (χ3v) is 8.75. The first-order valence-electron chi connectivity index (χ1n) is 9.94. The van der Waals surface area contributed by atoms with Crippen molar-refractivity contribution in [2.24, 2.45) is 39.9 Å². The summed E-state index contributed by atoms with van der Waals surface area (Å²) in [6, 6.07) is 0. The van der Waals surface area contributed by atoms with Crippen molar-refractivity contribution in [3.05, 3.63) is 0 Å². The summed E-state index contributed by atoms with van der Waals surface area (Å²) in [7, 11) is 0. The van der Waals surface area contributed by atoms with Crippen molar-refractivity contribution in [2.75, 3.05) is 0 Å². The van der Waals surface area contributed by atoms with Crippen molar-refractivity contribution in [1.29, 1.82) is 0 Å². The number of carbonyl (C=O) groups excluding carboxylic acids is 2. The second kappa shape index (κ2) is 4.89. The van der Waals surface area contributed by atoms with Gasteiger partial charge in [0.1, 0.15) is 11.5 Å². The number of aliphatic hydroxyl groups is 2. The zero-order valence-electron chi connectivity index (χ0n) is 15.6. The first-order chi connectivity index (χ1) is 12.2. The maximum atomic E-state index is 13.3. The molecule has 0 aromatic heterocycles. The van der Waals surface area contributed by atoms with E-state index in [-0.39, 0.29) is 34.9 Å². The quantitative estimate of drug-likeness (QED) is 0.501. The van der Waals surface area contributed by atoms with Crippen molar-refractivity contribution in [1.82, 2.24) is 0 Å². The number of Topliss-reactive ketones (excluding diaryl/α,β-unsaturated/α-hetero) is 1. The largest absolute Gasteiger partial charge is 0.461 e. The number of fused-ring (bicyclic) bond motifs is 1. The zero-order valence-corrected chi connectivity index (χ0v) is 15.6. The molecule has 1 unspecified atom stereocenters. The number of rotatable bonds is 0. The Morgan fingerprint density at radius 3 is 2.58 bits per heavy atom. The van der Waals surface area contributed by atoms with E-state index in [2.05, 4.69) is 13.8 Å². The maximum absolute atomic E-state index is 13.3. The Hall–Kier alpha value is -0.980. The fraction of sp³-hybridized carbons (Fsp3) is 0.900. The molecule has 2 N–H and O–H groups in total. The molecule has 0 amide bonds. The van der Waals surface area contributed by atoms with E-state index in [1.54, 1.807) is 0 Å². The zero-order chi connectivity index (χ0) is 18.6. The summed E-state index contributed by atoms with van der Waals surface area (Å²) < 4.78 is 11.5. The predicted molar refractivity (Wildman–Crippen MR) is 89.4 cm³/mol. The Labute approximate surface area is 153 Å². The van der Waals surface area contributed by atoms with Gasteiger partial charge >= 0.3 is 5.97 Å². The van der Waals surface area contributed by atoms with Gasteiger partial charge in [-0.3, -0.25) is 9.59 Å². The topological polar surface area (TPSA) is 93.1 Å². The highest BCUT2D eigenvalue weighted by Gasteiger charge is 2.80. The van der Waals surface area contributed by atoms with E-state index in [9.17, 15) is 19.8 Å². The summed E-state index contributed by atoms with van der Waals surface area (Å²) in [5.74, 6) is -1.06. The number of esters is 1. The van der Waals surface area contributed by atoms with Crippen LogP contribution in [0.3, 0.4) is 0 Å². The molecule has 9 atom stereocenters. The molecule has 2 saturated heterocycles. The SMILES string of the molecule is C[C@H]1C(=O)[C@]23C[C@H]1CC[C@H]2[C@@]12C(O)O[C@@H](O)[C@@H]1C(C)(C)CC[C@@H]2OC3=O. The molecule has 0 aromatic carbocycles. The van der Waals surface area contributed by atoms with Gasteiger partial charge in [0.05, 0.1) is 5.41 Å². The smallest absolute Gasteiger partial charge is 0.320 e. The van der Waals surface area contributed by atoms with Crippen molar-refractivity contribution >= 4 is 11.8 Å². The second-order valence-electron chi connectivity index (χ2n) is 10.00. The number of aliphatic hydroxyl groups excluding tert-OH is 2. The molecule has 3 saturated carbocycles. The average Bonchev–Trinajstić information content (AvgIpc) is 2.96. The third-order valence-electron chi connectivity index (χ3n) is 8.75. The lowest BCUT2D eigenvalue weighted by Gasteiger charge is -2.62. The molecule has 2 spiro atoms. The molecule has 0 radical (unpaired) electrons. The lowest BCUT2D eigenvalue weighted by atomic mass is 9.43. The van der Waals surface area contributed by atoms with E-state index in [0.717, 1.165) is 12.8 Å². The molecule has 5 fully saturated rings. The van der Waals surface area contributed by atoms with Crippen LogP contribution < -0.4 is 0 Å². The number of ketones is 1. The Balaban J connectivity index is 1.73. The van der Waals surface area contributed by atoms with Gasteiger partial charge in [-0.2, -0.15) is 0 Å². The van der Waals surface area contributed by atoms with Crippen LogP contribution in [-0.2, 0) is 19.1 Å². The van der Waals surface area contributed by atoms with Gasteiger partial charge in [0, 0.05) is 11.8 Å². The number of hydrogen-bond acceptors (Lipinski definition) is 6. The van der Waals surface area contributed by atoms with Crippen molar-refractivity contribution in [3.8, 4) is 0 Å². The molecule has 5 aliphatic rings. The van der Waals surface area contributed by atoms with Crippen LogP contribution in [0, 0.1) is 39.9 Å². The van der Waals surface area contributed by atoms with Crippen LogP contribution >= 0.6 is 0 Å². The van der Waals surface area contributed by atoms with Crippen molar-refractivity contribution in [2.45, 2.75) is 71.6 Å². The number of carbonyl (C=O) groups is 2. The summed E-state index contributed by atoms with van der Waals surface area (Å²) in [6.07, 6.45) is 0.658. The predicted octanol–water partition coefficient (Wildman–Crippen LogP) is 1.62. The summed E-state index contributed by atoms with van der Waals surface area (Å²) in [5, 5.41) is 21.7. The summed E-state index contributed by atoms with van der Waals surface area (Å²) in [5.41, 5.74) is -2.35. The van der Waals surface area contributed by atoms with Gasteiger partial charge in [-0.1, -0.05) is 20.8 Å². The molecule has 3 aliphatic carbocycles. The molecular formula is C20H28O6. The van der Waals surface area contributed by atoms with Gasteiger partial charge in [-0.05, 0) is 49.4 Å². The third kappa shape index (κ3) is 1.62. The minimum atomic E-state index is -1.22. The first-order valence-corrected chi connectivity index (χ1v) is 9.94. The van der Waals surface area contributed by atoms with Gasteiger partial charge < -0.3 is 19.7 Å². The Morgan fingerprint density at radius 1 is 1.12 bits per heavy atom. The van der Waals surface area contributed by atoms with E-state index in [1.807, 2.05) is 6.92 Å². The Bertz CT molecular complexity index is 688. The van der Waals surface area contributed by atoms with E-state index in [1.165, 1.54) is 0 Å². The van der Waals surface area contributed by atoms with Crippen LogP contribution in [0.4, 0.5) is 0 Å². The van der Waals surface area contributed by atoms with Gasteiger partial charge in [0.25, 0.3) is 0 Å². The highest BCUT2D eigenvalue weighted by atomic mass is 16.7. The number of hydrogen-bond donors (Lipinski definition) is 2. The summed E-state index contributed by atoms with van der Waals surface area (Å²) >= 11 is 0. The molecule has 0 aromatic rings. The van der Waals surface area contributed by atoms with E-state index >= 15 is 0 Å². The van der Waals surface area contributed by atoms with Crippen LogP contribution in [0.25, 0.3) is 0 Å². The van der Waals surface area contributed by atoms with E-state index in [0.29, 0.717) is 19.3 Å². The molecule has 2 heterocycles. The molecule has 2 bridgehead atoms. The molecule has 144 valence electrons. The van der Waals surface area contributed by atoms with Gasteiger partial charge in [-0.15, -0.1) is 0 Å². The fourth-order valence-electron chi connectivity index (χ4n) is 7.68. The highest BCUT2D eigenvalue weighted by Crippen LogP contribution is 2.72. The molecule has 2 aliphatic heterocycles. The average molecular weight is 364 g/mol. The first kappa shape index (κ1) is 17.1. The maximum Gasteiger partial charge on any atom is 0.320 e. The van der Waals surface area contributed by atoms with Crippen molar-refractivity contribution < 1.29 is 29.3 Å². The van der Waals surface area contributed by atoms with Crippen molar-refractivity contribution in [3.63, 3.8) is 0 Å². The molecular weight excluding hydrogens is 336 g/mol. The molecule has 26 heavy (non-hydrogen) atoms. The van der Waals surface area contributed by atoms with Crippen LogP contribution in [0.2, 0.25) is 0 Å². The lowest BCUT2D eigenvalue weighted by Crippen LogP contribution is -2.70. The Morgan fingerprint density at radius 2 is 1.85 bits per heavy atom. The van der Waals surface area contributed by atoms with Crippen LogP contribution in [0.5, 0.6) is 0 Å². The highest BCUT2D eigenvalue weighted by molar-refractivity contribution is 6.07. The van der Waals surface area contributed by atoms with Crippen LogP contribution in [0.15, 0.2) is 0 Å².